The van der Waals surface area contributed by atoms with Crippen molar-refractivity contribution in [3.05, 3.63) is 42.2 Å². The molecule has 0 spiro atoms. The number of rotatable bonds is 1. The highest BCUT2D eigenvalue weighted by atomic mass is 32.2. The Labute approximate surface area is 76.1 Å². The van der Waals surface area contributed by atoms with E-state index in [9.17, 15) is 8.42 Å². The second kappa shape index (κ2) is 2.77. The first-order valence-electron chi connectivity index (χ1n) is 3.64. The van der Waals surface area contributed by atoms with E-state index >= 15 is 0 Å². The molecule has 0 saturated carbocycles. The number of benzene rings is 1. The standard InChI is InChI=1S/C8H7NO3S/c10-13(11)9-8(6-12-13)7-4-2-1-3-5-7/h1-6,9H. The molecule has 68 valence electrons. The average molecular weight is 197 g/mol. The summed E-state index contributed by atoms with van der Waals surface area (Å²) in [7, 11) is -3.59. The van der Waals surface area contributed by atoms with E-state index in [0.29, 0.717) is 5.70 Å². The quantitative estimate of drug-likeness (QED) is 0.726. The lowest BCUT2D eigenvalue weighted by atomic mass is 10.2. The minimum Gasteiger partial charge on any atom is -0.373 e. The molecule has 1 aliphatic rings. The molecule has 0 saturated heterocycles. The molecule has 2 rings (SSSR count). The van der Waals surface area contributed by atoms with E-state index in [-0.39, 0.29) is 0 Å². The Balaban J connectivity index is 2.32. The maximum absolute atomic E-state index is 10.8. The SMILES string of the molecule is O=S1(=O)NC(c2ccccc2)=CO1. The highest BCUT2D eigenvalue weighted by Crippen LogP contribution is 2.17. The monoisotopic (exact) mass is 197 g/mol. The molecule has 0 aromatic heterocycles. The molecule has 1 aromatic rings. The van der Waals surface area contributed by atoms with Crippen LogP contribution in [0.1, 0.15) is 5.56 Å². The molecule has 1 aromatic carbocycles. The molecule has 0 bridgehead atoms. The lowest BCUT2D eigenvalue weighted by Gasteiger charge is -1.99. The van der Waals surface area contributed by atoms with Gasteiger partial charge in [0.15, 0.2) is 0 Å². The van der Waals surface area contributed by atoms with Gasteiger partial charge in [0.05, 0.1) is 5.70 Å². The van der Waals surface area contributed by atoms with Crippen LogP contribution in [0.15, 0.2) is 36.6 Å². The van der Waals surface area contributed by atoms with Gasteiger partial charge in [0.1, 0.15) is 6.26 Å². The van der Waals surface area contributed by atoms with E-state index in [1.165, 1.54) is 6.26 Å². The zero-order valence-electron chi connectivity index (χ0n) is 6.60. The average Bonchev–Trinajstić information content (AvgIpc) is 2.48. The van der Waals surface area contributed by atoms with Crippen molar-refractivity contribution in [2.45, 2.75) is 0 Å². The summed E-state index contributed by atoms with van der Waals surface area (Å²) in [6, 6.07) is 9.09. The van der Waals surface area contributed by atoms with Crippen LogP contribution in [0.4, 0.5) is 0 Å². The Hall–Kier alpha value is -1.49. The van der Waals surface area contributed by atoms with Crippen molar-refractivity contribution in [1.29, 1.82) is 0 Å². The lowest BCUT2D eigenvalue weighted by Crippen LogP contribution is -2.15. The van der Waals surface area contributed by atoms with Crippen LogP contribution in [0, 0.1) is 0 Å². The van der Waals surface area contributed by atoms with E-state index in [1.807, 2.05) is 18.2 Å². The first kappa shape index (κ1) is 8.12. The Morgan fingerprint density at radius 1 is 1.15 bits per heavy atom. The molecule has 0 radical (unpaired) electrons. The fourth-order valence-electron chi connectivity index (χ4n) is 1.04. The van der Waals surface area contributed by atoms with Gasteiger partial charge in [-0.3, -0.25) is 0 Å². The molecular weight excluding hydrogens is 190 g/mol. The van der Waals surface area contributed by atoms with Crippen LogP contribution in [-0.2, 0) is 14.5 Å². The summed E-state index contributed by atoms with van der Waals surface area (Å²) in [5.74, 6) is 0. The Bertz CT molecular complexity index is 436. The number of hydrogen-bond acceptors (Lipinski definition) is 3. The summed E-state index contributed by atoms with van der Waals surface area (Å²) >= 11 is 0. The number of hydrogen-bond donors (Lipinski definition) is 1. The molecule has 1 N–H and O–H groups in total. The minimum atomic E-state index is -3.59. The summed E-state index contributed by atoms with van der Waals surface area (Å²) in [5, 5.41) is 0. The molecule has 5 heteroatoms. The highest BCUT2D eigenvalue weighted by Gasteiger charge is 2.20. The van der Waals surface area contributed by atoms with Gasteiger partial charge in [0.2, 0.25) is 0 Å². The van der Waals surface area contributed by atoms with Crippen LogP contribution in [-0.4, -0.2) is 8.42 Å². The van der Waals surface area contributed by atoms with E-state index in [0.717, 1.165) is 5.56 Å². The van der Waals surface area contributed by atoms with E-state index in [2.05, 4.69) is 8.91 Å². The molecular formula is C8H7NO3S. The first-order chi connectivity index (χ1) is 6.17. The summed E-state index contributed by atoms with van der Waals surface area (Å²) in [6.45, 7) is 0. The van der Waals surface area contributed by atoms with Crippen molar-refractivity contribution >= 4 is 16.0 Å². The molecule has 1 aliphatic heterocycles. The smallest absolute Gasteiger partial charge is 0.373 e. The second-order valence-electron chi connectivity index (χ2n) is 2.55. The number of nitrogens with one attached hydrogen (secondary N) is 1. The van der Waals surface area contributed by atoms with E-state index in [1.54, 1.807) is 12.1 Å². The zero-order chi connectivity index (χ0) is 9.31. The molecule has 0 unspecified atom stereocenters. The van der Waals surface area contributed by atoms with Gasteiger partial charge in [-0.05, 0) is 0 Å². The highest BCUT2D eigenvalue weighted by molar-refractivity contribution is 7.85. The van der Waals surface area contributed by atoms with Crippen molar-refractivity contribution in [1.82, 2.24) is 4.72 Å². The van der Waals surface area contributed by atoms with Crippen LogP contribution in [0.25, 0.3) is 5.70 Å². The molecule has 0 fully saturated rings. The topological polar surface area (TPSA) is 55.4 Å². The largest absolute Gasteiger partial charge is 0.407 e. The zero-order valence-corrected chi connectivity index (χ0v) is 7.41. The van der Waals surface area contributed by atoms with Gasteiger partial charge in [-0.2, -0.15) is 8.42 Å². The van der Waals surface area contributed by atoms with Crippen LogP contribution < -0.4 is 4.72 Å². The Morgan fingerprint density at radius 2 is 1.85 bits per heavy atom. The van der Waals surface area contributed by atoms with Crippen molar-refractivity contribution in [3.8, 4) is 0 Å². The normalized spacial score (nSPS) is 18.6. The van der Waals surface area contributed by atoms with Crippen molar-refractivity contribution in [2.75, 3.05) is 0 Å². The molecule has 4 nitrogen and oxygen atoms in total. The lowest BCUT2D eigenvalue weighted by molar-refractivity contribution is 0.453. The second-order valence-corrected chi connectivity index (χ2v) is 3.85. The molecule has 0 atom stereocenters. The van der Waals surface area contributed by atoms with Crippen LogP contribution >= 0.6 is 0 Å². The maximum atomic E-state index is 10.8. The molecule has 13 heavy (non-hydrogen) atoms. The Morgan fingerprint density at radius 3 is 2.38 bits per heavy atom. The summed E-state index contributed by atoms with van der Waals surface area (Å²) < 4.78 is 28.3. The first-order valence-corrected chi connectivity index (χ1v) is 5.05. The van der Waals surface area contributed by atoms with Crippen molar-refractivity contribution in [2.24, 2.45) is 0 Å². The van der Waals surface area contributed by atoms with Gasteiger partial charge in [-0.25, -0.2) is 4.72 Å². The van der Waals surface area contributed by atoms with Gasteiger partial charge >= 0.3 is 10.3 Å². The van der Waals surface area contributed by atoms with Gasteiger partial charge in [0, 0.05) is 5.56 Å². The maximum Gasteiger partial charge on any atom is 0.407 e. The third kappa shape index (κ3) is 1.65. The van der Waals surface area contributed by atoms with Crippen LogP contribution in [0.5, 0.6) is 0 Å². The van der Waals surface area contributed by atoms with E-state index < -0.39 is 10.3 Å². The molecule has 1 heterocycles. The fourth-order valence-corrected chi connectivity index (χ4v) is 1.75. The summed E-state index contributed by atoms with van der Waals surface area (Å²) in [4.78, 5) is 0. The van der Waals surface area contributed by atoms with Gasteiger partial charge in [-0.15, -0.1) is 0 Å². The van der Waals surface area contributed by atoms with Crippen LogP contribution in [0.3, 0.4) is 0 Å². The Kier molecular flexibility index (Phi) is 1.73. The minimum absolute atomic E-state index is 0.459. The third-order valence-corrected chi connectivity index (χ3v) is 2.43. The van der Waals surface area contributed by atoms with Gasteiger partial charge in [0.25, 0.3) is 0 Å². The fraction of sp³-hybridized carbons (Fsp3) is 0. The predicted molar refractivity (Wildman–Crippen MR) is 47.6 cm³/mol. The predicted octanol–water partition coefficient (Wildman–Crippen LogP) is 0.850. The molecule has 0 aliphatic carbocycles. The molecule has 0 amide bonds. The van der Waals surface area contributed by atoms with Crippen LogP contribution in [0.2, 0.25) is 0 Å². The van der Waals surface area contributed by atoms with Gasteiger partial charge < -0.3 is 4.18 Å². The van der Waals surface area contributed by atoms with Crippen molar-refractivity contribution in [3.63, 3.8) is 0 Å². The van der Waals surface area contributed by atoms with E-state index in [4.69, 9.17) is 0 Å². The van der Waals surface area contributed by atoms with Gasteiger partial charge in [-0.1, -0.05) is 30.3 Å². The van der Waals surface area contributed by atoms with Crippen molar-refractivity contribution < 1.29 is 12.6 Å². The third-order valence-electron chi connectivity index (χ3n) is 1.61. The summed E-state index contributed by atoms with van der Waals surface area (Å²) in [6.07, 6.45) is 1.19. The summed E-state index contributed by atoms with van der Waals surface area (Å²) in [5.41, 5.74) is 1.24.